The third-order valence-electron chi connectivity index (χ3n) is 3.01. The van der Waals surface area contributed by atoms with Crippen LogP contribution in [0.2, 0.25) is 5.02 Å². The molecule has 0 aliphatic rings. The van der Waals surface area contributed by atoms with E-state index in [9.17, 15) is 14.4 Å². The van der Waals surface area contributed by atoms with Crippen LogP contribution in [0, 0.1) is 0 Å². The molecule has 2 aromatic rings. The van der Waals surface area contributed by atoms with Gasteiger partial charge in [0.25, 0.3) is 5.91 Å². The van der Waals surface area contributed by atoms with Gasteiger partial charge < -0.3 is 19.7 Å². The van der Waals surface area contributed by atoms with E-state index >= 15 is 0 Å². The Kier molecular flexibility index (Phi) is 9.39. The van der Waals surface area contributed by atoms with E-state index in [1.165, 1.54) is 11.0 Å². The molecule has 2 rings (SSSR count). The second-order valence-electron chi connectivity index (χ2n) is 5.40. The van der Waals surface area contributed by atoms with Gasteiger partial charge in [-0.2, -0.15) is 0 Å². The van der Waals surface area contributed by atoms with Gasteiger partial charge in [-0.05, 0) is 36.4 Å². The first-order chi connectivity index (χ1) is 12.9. The van der Waals surface area contributed by atoms with E-state index in [-0.39, 0.29) is 10.6 Å². The summed E-state index contributed by atoms with van der Waals surface area (Å²) in [6.07, 6.45) is 0.750. The SMILES string of the molecule is CN(C)C=O.COc1ccc(NC(=O)COC(=O)c2ccccc2Cl)cc1. The monoisotopic (exact) mass is 392 g/mol. The number of hydrogen-bond donors (Lipinski definition) is 1. The van der Waals surface area contributed by atoms with Crippen molar-refractivity contribution in [3.8, 4) is 5.75 Å². The highest BCUT2D eigenvalue weighted by Gasteiger charge is 2.13. The molecule has 0 aromatic heterocycles. The normalized spacial score (nSPS) is 9.33. The highest BCUT2D eigenvalue weighted by molar-refractivity contribution is 6.33. The molecule has 0 atom stereocenters. The number of hydrogen-bond acceptors (Lipinski definition) is 5. The summed E-state index contributed by atoms with van der Waals surface area (Å²) in [6.45, 7) is -0.393. The van der Waals surface area contributed by atoms with Gasteiger partial charge in [-0.1, -0.05) is 23.7 Å². The van der Waals surface area contributed by atoms with E-state index in [0.29, 0.717) is 11.4 Å². The van der Waals surface area contributed by atoms with Gasteiger partial charge >= 0.3 is 5.97 Å². The fourth-order valence-corrected chi connectivity index (χ4v) is 1.92. The predicted molar refractivity (Wildman–Crippen MR) is 103 cm³/mol. The smallest absolute Gasteiger partial charge is 0.340 e. The average Bonchev–Trinajstić information content (AvgIpc) is 2.67. The summed E-state index contributed by atoms with van der Waals surface area (Å²) in [5.41, 5.74) is 0.806. The summed E-state index contributed by atoms with van der Waals surface area (Å²) >= 11 is 5.88. The summed E-state index contributed by atoms with van der Waals surface area (Å²) in [5, 5.41) is 2.89. The average molecular weight is 393 g/mol. The molecule has 2 aromatic carbocycles. The number of nitrogens with one attached hydrogen (secondary N) is 1. The number of anilines is 1. The number of rotatable bonds is 6. The maximum absolute atomic E-state index is 11.8. The Morgan fingerprint density at radius 2 is 1.70 bits per heavy atom. The molecule has 0 saturated heterocycles. The topological polar surface area (TPSA) is 84.9 Å². The number of methoxy groups -OCH3 is 1. The van der Waals surface area contributed by atoms with Gasteiger partial charge in [-0.3, -0.25) is 9.59 Å². The fraction of sp³-hybridized carbons (Fsp3) is 0.211. The highest BCUT2D eigenvalue weighted by Crippen LogP contribution is 2.16. The van der Waals surface area contributed by atoms with Gasteiger partial charge in [0.1, 0.15) is 5.75 Å². The largest absolute Gasteiger partial charge is 0.497 e. The number of carbonyl (C=O) groups is 3. The van der Waals surface area contributed by atoms with Crippen molar-refractivity contribution in [3.63, 3.8) is 0 Å². The van der Waals surface area contributed by atoms with Crippen molar-refractivity contribution >= 4 is 35.6 Å². The molecule has 144 valence electrons. The molecule has 0 saturated carbocycles. The number of amides is 2. The van der Waals surface area contributed by atoms with Crippen LogP contribution in [0.3, 0.4) is 0 Å². The molecule has 0 radical (unpaired) electrons. The molecular formula is C19H21ClN2O5. The molecule has 0 unspecified atom stereocenters. The number of halogens is 1. The van der Waals surface area contributed by atoms with E-state index < -0.39 is 18.5 Å². The first-order valence-corrected chi connectivity index (χ1v) is 8.22. The summed E-state index contributed by atoms with van der Waals surface area (Å²) in [5.74, 6) is -0.399. The Balaban J connectivity index is 0.000000646. The minimum absolute atomic E-state index is 0.224. The van der Waals surface area contributed by atoms with Crippen LogP contribution in [0.5, 0.6) is 5.75 Å². The van der Waals surface area contributed by atoms with Crippen LogP contribution in [-0.2, 0) is 14.3 Å². The van der Waals surface area contributed by atoms with E-state index in [4.69, 9.17) is 21.1 Å². The molecule has 0 bridgehead atoms. The quantitative estimate of drug-likeness (QED) is 0.603. The van der Waals surface area contributed by atoms with Crippen molar-refractivity contribution in [3.05, 3.63) is 59.1 Å². The minimum atomic E-state index is -0.643. The number of ether oxygens (including phenoxy) is 2. The Morgan fingerprint density at radius 1 is 1.11 bits per heavy atom. The van der Waals surface area contributed by atoms with Crippen LogP contribution in [0.4, 0.5) is 5.69 Å². The molecule has 0 spiro atoms. The summed E-state index contributed by atoms with van der Waals surface area (Å²) in [7, 11) is 4.93. The number of carbonyl (C=O) groups excluding carboxylic acids is 3. The number of nitrogens with zero attached hydrogens (tertiary/aromatic N) is 1. The van der Waals surface area contributed by atoms with Crippen molar-refractivity contribution in [1.29, 1.82) is 0 Å². The van der Waals surface area contributed by atoms with E-state index in [0.717, 1.165) is 6.41 Å². The standard InChI is InChI=1S/C16H14ClNO4.C3H7NO/c1-21-12-8-6-11(7-9-12)18-15(19)10-22-16(20)13-4-2-3-5-14(13)17;1-4(2)3-5/h2-9H,10H2,1H3,(H,18,19);3H,1-2H3. The van der Waals surface area contributed by atoms with Gasteiger partial charge in [0.15, 0.2) is 6.61 Å². The first kappa shape index (κ1) is 22.0. The second kappa shape index (κ2) is 11.5. The zero-order valence-corrected chi connectivity index (χ0v) is 16.0. The molecule has 1 N–H and O–H groups in total. The van der Waals surface area contributed by atoms with Gasteiger partial charge in [0.2, 0.25) is 6.41 Å². The van der Waals surface area contributed by atoms with Crippen LogP contribution in [-0.4, -0.2) is 51.0 Å². The van der Waals surface area contributed by atoms with Crippen molar-refractivity contribution in [2.45, 2.75) is 0 Å². The molecule has 27 heavy (non-hydrogen) atoms. The Hall–Kier alpha value is -3.06. The van der Waals surface area contributed by atoms with Gasteiger partial charge in [-0.25, -0.2) is 4.79 Å². The lowest BCUT2D eigenvalue weighted by Gasteiger charge is -2.08. The summed E-state index contributed by atoms with van der Waals surface area (Å²) < 4.78 is 9.95. The zero-order chi connectivity index (χ0) is 20.2. The van der Waals surface area contributed by atoms with E-state index in [1.807, 2.05) is 0 Å². The predicted octanol–water partition coefficient (Wildman–Crippen LogP) is 2.85. The Bertz CT molecular complexity index is 763. The van der Waals surface area contributed by atoms with E-state index in [2.05, 4.69) is 5.32 Å². The maximum Gasteiger partial charge on any atom is 0.340 e. The molecule has 2 amide bonds. The van der Waals surface area contributed by atoms with Gasteiger partial charge in [-0.15, -0.1) is 0 Å². The first-order valence-electron chi connectivity index (χ1n) is 7.84. The number of esters is 1. The van der Waals surface area contributed by atoms with Crippen LogP contribution in [0.15, 0.2) is 48.5 Å². The lowest BCUT2D eigenvalue weighted by Crippen LogP contribution is -2.21. The Labute approximate surface area is 162 Å². The van der Waals surface area contributed by atoms with Crippen molar-refractivity contribution < 1.29 is 23.9 Å². The molecule has 0 aliphatic carbocycles. The van der Waals surface area contributed by atoms with Crippen LogP contribution < -0.4 is 10.1 Å². The third kappa shape index (κ3) is 8.24. The molecule has 0 heterocycles. The lowest BCUT2D eigenvalue weighted by atomic mass is 10.2. The Morgan fingerprint density at radius 3 is 2.22 bits per heavy atom. The fourth-order valence-electron chi connectivity index (χ4n) is 1.71. The van der Waals surface area contributed by atoms with Crippen molar-refractivity contribution in [2.24, 2.45) is 0 Å². The summed E-state index contributed by atoms with van der Waals surface area (Å²) in [6, 6.07) is 13.3. The molecule has 0 fully saturated rings. The molecule has 0 aliphatic heterocycles. The highest BCUT2D eigenvalue weighted by atomic mass is 35.5. The van der Waals surface area contributed by atoms with Crippen molar-refractivity contribution in [1.82, 2.24) is 4.90 Å². The minimum Gasteiger partial charge on any atom is -0.497 e. The van der Waals surface area contributed by atoms with Gasteiger partial charge in [0.05, 0.1) is 17.7 Å². The number of benzene rings is 2. The van der Waals surface area contributed by atoms with Gasteiger partial charge in [0, 0.05) is 19.8 Å². The van der Waals surface area contributed by atoms with Crippen LogP contribution in [0.1, 0.15) is 10.4 Å². The third-order valence-corrected chi connectivity index (χ3v) is 3.34. The molecule has 7 nitrogen and oxygen atoms in total. The molecular weight excluding hydrogens is 372 g/mol. The van der Waals surface area contributed by atoms with E-state index in [1.54, 1.807) is 63.7 Å². The van der Waals surface area contributed by atoms with Crippen LogP contribution >= 0.6 is 11.6 Å². The zero-order valence-electron chi connectivity index (χ0n) is 15.3. The maximum atomic E-state index is 11.8. The van der Waals surface area contributed by atoms with Crippen molar-refractivity contribution in [2.75, 3.05) is 33.1 Å². The lowest BCUT2D eigenvalue weighted by molar-refractivity contribution is -0.119. The van der Waals surface area contributed by atoms with Crippen LogP contribution in [0.25, 0.3) is 0 Å². The molecule has 8 heteroatoms. The summed E-state index contributed by atoms with van der Waals surface area (Å²) in [4.78, 5) is 34.4. The second-order valence-corrected chi connectivity index (χ2v) is 5.81.